The predicted octanol–water partition coefficient (Wildman–Crippen LogP) is 1.19. The number of aromatic nitrogens is 3. The summed E-state index contributed by atoms with van der Waals surface area (Å²) in [7, 11) is 1.88. The first-order valence-electron chi connectivity index (χ1n) is 7.67. The first-order valence-corrected chi connectivity index (χ1v) is 7.67. The zero-order chi connectivity index (χ0) is 15.1. The van der Waals surface area contributed by atoms with E-state index in [-0.39, 0.29) is 18.0 Å². The van der Waals surface area contributed by atoms with Crippen LogP contribution in [0.15, 0.2) is 36.8 Å². The minimum atomic E-state index is 0.203. The minimum Gasteiger partial charge on any atom is -0.305 e. The van der Waals surface area contributed by atoms with Crippen LogP contribution in [0.25, 0.3) is 0 Å². The molecule has 0 unspecified atom stereocenters. The molecule has 0 spiro atoms. The summed E-state index contributed by atoms with van der Waals surface area (Å²) in [6, 6.07) is 6.54. The lowest BCUT2D eigenvalue weighted by Gasteiger charge is -2.24. The summed E-state index contributed by atoms with van der Waals surface area (Å²) in [5.74, 6) is 0.203. The quantitative estimate of drug-likeness (QED) is 0.854. The van der Waals surface area contributed by atoms with Gasteiger partial charge >= 0.3 is 0 Å². The molecule has 0 N–H and O–H groups in total. The molecule has 2 aromatic heterocycles. The normalized spacial score (nSPS) is 25.0. The van der Waals surface area contributed by atoms with Crippen LogP contribution < -0.4 is 4.90 Å². The highest BCUT2D eigenvalue weighted by Gasteiger charge is 2.47. The van der Waals surface area contributed by atoms with Crippen LogP contribution in [0.2, 0.25) is 0 Å². The first-order chi connectivity index (χ1) is 10.7. The number of amides is 1. The van der Waals surface area contributed by atoms with E-state index in [1.807, 2.05) is 42.5 Å². The van der Waals surface area contributed by atoms with Crippen molar-refractivity contribution in [3.05, 3.63) is 42.5 Å². The highest BCUT2D eigenvalue weighted by Crippen LogP contribution is 2.36. The van der Waals surface area contributed by atoms with Gasteiger partial charge in [0, 0.05) is 45.0 Å². The van der Waals surface area contributed by atoms with Gasteiger partial charge in [0.2, 0.25) is 5.91 Å². The number of carbonyl (C=O) groups excluding carboxylic acids is 1. The summed E-state index contributed by atoms with van der Waals surface area (Å²) >= 11 is 0. The monoisotopic (exact) mass is 297 g/mol. The molecule has 114 valence electrons. The van der Waals surface area contributed by atoms with Gasteiger partial charge in [-0.1, -0.05) is 6.07 Å². The van der Waals surface area contributed by atoms with Crippen molar-refractivity contribution in [3.63, 3.8) is 0 Å². The topological polar surface area (TPSA) is 54.3 Å². The predicted molar refractivity (Wildman–Crippen MR) is 82.2 cm³/mol. The molecule has 4 rings (SSSR count). The first kappa shape index (κ1) is 13.5. The molecule has 0 aliphatic carbocycles. The van der Waals surface area contributed by atoms with Crippen LogP contribution in [0, 0.1) is 0 Å². The second kappa shape index (κ2) is 5.21. The summed E-state index contributed by atoms with van der Waals surface area (Å²) in [4.78, 5) is 21.2. The van der Waals surface area contributed by atoms with E-state index >= 15 is 0 Å². The van der Waals surface area contributed by atoms with Crippen molar-refractivity contribution < 1.29 is 4.79 Å². The number of anilines is 1. The number of carbonyl (C=O) groups is 1. The van der Waals surface area contributed by atoms with Crippen molar-refractivity contribution in [1.29, 1.82) is 0 Å². The van der Waals surface area contributed by atoms with Gasteiger partial charge in [0.25, 0.3) is 0 Å². The molecule has 6 heteroatoms. The maximum absolute atomic E-state index is 12.4. The molecule has 2 aliphatic rings. The van der Waals surface area contributed by atoms with Crippen molar-refractivity contribution in [3.8, 4) is 0 Å². The second-order valence-corrected chi connectivity index (χ2v) is 6.05. The Morgan fingerprint density at radius 2 is 2.23 bits per heavy atom. The maximum atomic E-state index is 12.4. The molecule has 2 fully saturated rings. The SMILES string of the molecule is Cn1cc(N2C(=O)C[C@H]3[C@H]2CCN3Cc2ccccn2)cn1. The number of aryl methyl sites for hydroxylation is 1. The molecule has 2 atom stereocenters. The Balaban J connectivity index is 1.54. The molecule has 0 saturated carbocycles. The van der Waals surface area contributed by atoms with Crippen LogP contribution in [-0.4, -0.2) is 44.2 Å². The van der Waals surface area contributed by atoms with Crippen molar-refractivity contribution >= 4 is 11.6 Å². The maximum Gasteiger partial charge on any atom is 0.229 e. The Kier molecular flexibility index (Phi) is 3.18. The van der Waals surface area contributed by atoms with Crippen molar-refractivity contribution in [2.24, 2.45) is 7.05 Å². The van der Waals surface area contributed by atoms with Crippen molar-refractivity contribution in [2.45, 2.75) is 31.5 Å². The lowest BCUT2D eigenvalue weighted by atomic mass is 10.1. The fourth-order valence-electron chi connectivity index (χ4n) is 3.69. The van der Waals surface area contributed by atoms with Crippen LogP contribution >= 0.6 is 0 Å². The Bertz CT molecular complexity index is 683. The van der Waals surface area contributed by atoms with Gasteiger partial charge in [-0.2, -0.15) is 5.10 Å². The summed E-state index contributed by atoms with van der Waals surface area (Å²) in [6.45, 7) is 1.83. The molecule has 1 amide bonds. The van der Waals surface area contributed by atoms with Crippen LogP contribution in [0.5, 0.6) is 0 Å². The highest BCUT2D eigenvalue weighted by atomic mass is 16.2. The van der Waals surface area contributed by atoms with E-state index in [1.165, 1.54) is 0 Å². The average molecular weight is 297 g/mol. The summed E-state index contributed by atoms with van der Waals surface area (Å²) < 4.78 is 1.75. The number of nitrogens with zero attached hydrogens (tertiary/aromatic N) is 5. The lowest BCUT2D eigenvalue weighted by Crippen LogP contribution is -2.37. The Labute approximate surface area is 129 Å². The van der Waals surface area contributed by atoms with Gasteiger partial charge in [0.1, 0.15) is 0 Å². The zero-order valence-corrected chi connectivity index (χ0v) is 12.6. The van der Waals surface area contributed by atoms with Gasteiger partial charge in [-0.05, 0) is 18.6 Å². The number of hydrogen-bond donors (Lipinski definition) is 0. The van der Waals surface area contributed by atoms with Gasteiger partial charge in [0.05, 0.1) is 23.6 Å². The number of likely N-dealkylation sites (tertiary alicyclic amines) is 1. The molecule has 2 saturated heterocycles. The largest absolute Gasteiger partial charge is 0.305 e. The number of hydrogen-bond acceptors (Lipinski definition) is 4. The van der Waals surface area contributed by atoms with Crippen LogP contribution in [-0.2, 0) is 18.4 Å². The summed E-state index contributed by atoms with van der Waals surface area (Å²) in [5.41, 5.74) is 1.98. The number of rotatable bonds is 3. The summed E-state index contributed by atoms with van der Waals surface area (Å²) in [6.07, 6.45) is 7.12. The smallest absolute Gasteiger partial charge is 0.229 e. The van der Waals surface area contributed by atoms with Gasteiger partial charge in [-0.3, -0.25) is 19.4 Å². The van der Waals surface area contributed by atoms with E-state index in [1.54, 1.807) is 10.9 Å². The fourth-order valence-corrected chi connectivity index (χ4v) is 3.69. The Morgan fingerprint density at radius 3 is 2.95 bits per heavy atom. The Hall–Kier alpha value is -2.21. The molecular weight excluding hydrogens is 278 g/mol. The van der Waals surface area contributed by atoms with E-state index in [0.29, 0.717) is 6.42 Å². The molecule has 2 aromatic rings. The van der Waals surface area contributed by atoms with E-state index in [9.17, 15) is 4.79 Å². The molecule has 0 bridgehead atoms. The van der Waals surface area contributed by atoms with E-state index < -0.39 is 0 Å². The minimum absolute atomic E-state index is 0.203. The van der Waals surface area contributed by atoms with Crippen LogP contribution in [0.1, 0.15) is 18.5 Å². The van der Waals surface area contributed by atoms with Gasteiger partial charge < -0.3 is 4.90 Å². The average Bonchev–Trinajstić information content (AvgIpc) is 3.17. The third-order valence-electron chi connectivity index (χ3n) is 4.67. The van der Waals surface area contributed by atoms with Crippen molar-refractivity contribution in [2.75, 3.05) is 11.4 Å². The highest BCUT2D eigenvalue weighted by molar-refractivity contribution is 5.97. The van der Waals surface area contributed by atoms with E-state index in [2.05, 4.69) is 15.0 Å². The van der Waals surface area contributed by atoms with Crippen molar-refractivity contribution in [1.82, 2.24) is 19.7 Å². The third kappa shape index (κ3) is 2.20. The van der Waals surface area contributed by atoms with Gasteiger partial charge in [-0.15, -0.1) is 0 Å². The van der Waals surface area contributed by atoms with Gasteiger partial charge in [0.15, 0.2) is 0 Å². The molecule has 4 heterocycles. The van der Waals surface area contributed by atoms with Crippen LogP contribution in [0.4, 0.5) is 5.69 Å². The zero-order valence-electron chi connectivity index (χ0n) is 12.6. The number of pyridine rings is 1. The van der Waals surface area contributed by atoms with E-state index in [4.69, 9.17) is 0 Å². The van der Waals surface area contributed by atoms with E-state index in [0.717, 1.165) is 30.9 Å². The third-order valence-corrected chi connectivity index (χ3v) is 4.67. The summed E-state index contributed by atoms with van der Waals surface area (Å²) in [5, 5.41) is 4.20. The van der Waals surface area contributed by atoms with Crippen LogP contribution in [0.3, 0.4) is 0 Å². The Morgan fingerprint density at radius 1 is 1.32 bits per heavy atom. The molecular formula is C16H19N5O. The standard InChI is InChI=1S/C16H19N5O/c1-19-11-13(9-18-19)21-14-5-7-20(15(14)8-16(21)22)10-12-4-2-3-6-17-12/h2-4,6,9,11,14-15H,5,7-8,10H2,1H3/t14-,15+/m1/s1. The lowest BCUT2D eigenvalue weighted by molar-refractivity contribution is -0.117. The molecule has 22 heavy (non-hydrogen) atoms. The molecule has 0 radical (unpaired) electrons. The number of fused-ring (bicyclic) bond motifs is 1. The fraction of sp³-hybridized carbons (Fsp3) is 0.438. The van der Waals surface area contributed by atoms with Gasteiger partial charge in [-0.25, -0.2) is 0 Å². The molecule has 2 aliphatic heterocycles. The molecule has 0 aromatic carbocycles. The second-order valence-electron chi connectivity index (χ2n) is 6.05. The molecule has 6 nitrogen and oxygen atoms in total.